The van der Waals surface area contributed by atoms with E-state index in [0.717, 1.165) is 12.8 Å². The van der Waals surface area contributed by atoms with Crippen molar-refractivity contribution in [3.05, 3.63) is 65.4 Å². The molecule has 2 heterocycles. The van der Waals surface area contributed by atoms with Crippen LogP contribution in [0.1, 0.15) is 40.5 Å². The maximum Gasteiger partial charge on any atom is 0.132 e. The zero-order valence-electron chi connectivity index (χ0n) is 18.8. The molecule has 3 N–H and O–H groups in total. The van der Waals surface area contributed by atoms with Crippen molar-refractivity contribution in [1.82, 2.24) is 10.3 Å². The zero-order chi connectivity index (χ0) is 23.1. The topological polar surface area (TPSA) is 57.2 Å². The standard InChI is InChI=1S/C26H29ClFN3O/c1-25(2)14-17(15-26(3,4)31-25)29-23-13-16(24-19(27)9-7-10-20(24)28)12-21(30-23)18-8-5-6-11-22(18)32/h5-13,17,31-32H,14-15H2,1-4H3,(H,29,30). The number of anilines is 1. The molecular formula is C26H29ClFN3O. The van der Waals surface area contributed by atoms with Gasteiger partial charge in [-0.2, -0.15) is 0 Å². The maximum atomic E-state index is 14.8. The summed E-state index contributed by atoms with van der Waals surface area (Å²) < 4.78 is 14.8. The number of pyridine rings is 1. The van der Waals surface area contributed by atoms with E-state index >= 15 is 0 Å². The third-order valence-corrected chi connectivity index (χ3v) is 6.11. The Morgan fingerprint density at radius 3 is 2.38 bits per heavy atom. The molecule has 1 aliphatic rings. The zero-order valence-corrected chi connectivity index (χ0v) is 19.6. The number of aromatic hydroxyl groups is 1. The van der Waals surface area contributed by atoms with E-state index in [2.05, 4.69) is 38.3 Å². The van der Waals surface area contributed by atoms with Crippen LogP contribution in [0.2, 0.25) is 5.02 Å². The van der Waals surface area contributed by atoms with Gasteiger partial charge in [0.05, 0.1) is 10.7 Å². The number of nitrogens with one attached hydrogen (secondary N) is 2. The van der Waals surface area contributed by atoms with Crippen LogP contribution < -0.4 is 10.6 Å². The van der Waals surface area contributed by atoms with Crippen molar-refractivity contribution in [3.8, 4) is 28.1 Å². The minimum absolute atomic E-state index is 0.0353. The SMILES string of the molecule is CC1(C)CC(Nc2cc(-c3c(F)cccc3Cl)cc(-c3ccccc3O)n2)CC(C)(C)N1. The van der Waals surface area contributed by atoms with Gasteiger partial charge in [-0.3, -0.25) is 0 Å². The third-order valence-electron chi connectivity index (χ3n) is 5.80. The lowest BCUT2D eigenvalue weighted by atomic mass is 9.79. The van der Waals surface area contributed by atoms with Crippen LogP contribution in [0.4, 0.5) is 10.2 Å². The molecule has 0 saturated carbocycles. The number of benzene rings is 2. The Hall–Kier alpha value is -2.63. The number of hydrogen-bond donors (Lipinski definition) is 3. The molecule has 0 atom stereocenters. The molecule has 4 nitrogen and oxygen atoms in total. The van der Waals surface area contributed by atoms with Gasteiger partial charge < -0.3 is 15.7 Å². The lowest BCUT2D eigenvalue weighted by molar-refractivity contribution is 0.170. The summed E-state index contributed by atoms with van der Waals surface area (Å²) in [6.45, 7) is 8.77. The summed E-state index contributed by atoms with van der Waals surface area (Å²) in [6, 6.07) is 15.4. The second kappa shape index (κ2) is 8.38. The number of aromatic nitrogens is 1. The van der Waals surface area contributed by atoms with E-state index < -0.39 is 5.82 Å². The van der Waals surface area contributed by atoms with E-state index in [4.69, 9.17) is 16.6 Å². The highest BCUT2D eigenvalue weighted by Crippen LogP contribution is 2.37. The van der Waals surface area contributed by atoms with Gasteiger partial charge in [0.15, 0.2) is 0 Å². The lowest BCUT2D eigenvalue weighted by Gasteiger charge is -2.46. The van der Waals surface area contributed by atoms with Crippen molar-refractivity contribution in [1.29, 1.82) is 0 Å². The first-order valence-electron chi connectivity index (χ1n) is 10.8. The predicted octanol–water partition coefficient (Wildman–Crippen LogP) is 6.63. The minimum Gasteiger partial charge on any atom is -0.507 e. The molecule has 0 unspecified atom stereocenters. The molecular weight excluding hydrogens is 425 g/mol. The van der Waals surface area contributed by atoms with Gasteiger partial charge in [0.2, 0.25) is 0 Å². The Balaban J connectivity index is 1.80. The van der Waals surface area contributed by atoms with E-state index in [1.165, 1.54) is 6.07 Å². The maximum absolute atomic E-state index is 14.8. The fraction of sp³-hybridized carbons (Fsp3) is 0.346. The monoisotopic (exact) mass is 453 g/mol. The Labute approximate surface area is 193 Å². The summed E-state index contributed by atoms with van der Waals surface area (Å²) in [5, 5.41) is 18.0. The van der Waals surface area contributed by atoms with Crippen molar-refractivity contribution in [2.24, 2.45) is 0 Å². The molecule has 0 spiro atoms. The van der Waals surface area contributed by atoms with Gasteiger partial charge in [-0.15, -0.1) is 0 Å². The number of para-hydroxylation sites is 1. The van der Waals surface area contributed by atoms with Gasteiger partial charge in [-0.25, -0.2) is 9.37 Å². The first-order valence-corrected chi connectivity index (χ1v) is 11.2. The molecule has 0 bridgehead atoms. The van der Waals surface area contributed by atoms with E-state index in [0.29, 0.717) is 33.2 Å². The summed E-state index contributed by atoms with van der Waals surface area (Å²) in [6.07, 6.45) is 1.82. The van der Waals surface area contributed by atoms with Gasteiger partial charge in [-0.05, 0) is 82.5 Å². The van der Waals surface area contributed by atoms with Crippen LogP contribution in [0.25, 0.3) is 22.4 Å². The number of halogens is 2. The molecule has 0 aliphatic carbocycles. The minimum atomic E-state index is -0.401. The molecule has 1 aliphatic heterocycles. The van der Waals surface area contributed by atoms with E-state index in [-0.39, 0.29) is 22.9 Å². The molecule has 3 aromatic rings. The smallest absolute Gasteiger partial charge is 0.132 e. The van der Waals surface area contributed by atoms with Crippen LogP contribution in [-0.2, 0) is 0 Å². The van der Waals surface area contributed by atoms with Crippen LogP contribution in [0.5, 0.6) is 5.75 Å². The van der Waals surface area contributed by atoms with Crippen LogP contribution in [0, 0.1) is 5.82 Å². The van der Waals surface area contributed by atoms with Crippen LogP contribution in [0.15, 0.2) is 54.6 Å². The highest BCUT2D eigenvalue weighted by Gasteiger charge is 2.37. The summed E-state index contributed by atoms with van der Waals surface area (Å²) in [5.74, 6) is 0.340. The van der Waals surface area contributed by atoms with Crippen molar-refractivity contribution < 1.29 is 9.50 Å². The molecule has 1 fully saturated rings. The molecule has 32 heavy (non-hydrogen) atoms. The van der Waals surface area contributed by atoms with Crippen molar-refractivity contribution >= 4 is 17.4 Å². The van der Waals surface area contributed by atoms with Gasteiger partial charge in [0, 0.05) is 28.2 Å². The fourth-order valence-corrected chi connectivity index (χ4v) is 5.26. The quantitative estimate of drug-likeness (QED) is 0.414. The van der Waals surface area contributed by atoms with Crippen LogP contribution >= 0.6 is 11.6 Å². The van der Waals surface area contributed by atoms with E-state index in [9.17, 15) is 9.50 Å². The van der Waals surface area contributed by atoms with E-state index in [1.54, 1.807) is 36.4 Å². The lowest BCUT2D eigenvalue weighted by Crippen LogP contribution is -2.60. The number of hydrogen-bond acceptors (Lipinski definition) is 4. The van der Waals surface area contributed by atoms with Crippen LogP contribution in [-0.4, -0.2) is 27.2 Å². The van der Waals surface area contributed by atoms with Crippen molar-refractivity contribution in [3.63, 3.8) is 0 Å². The van der Waals surface area contributed by atoms with Gasteiger partial charge in [-0.1, -0.05) is 29.8 Å². The Bertz CT molecular complexity index is 1110. The number of piperidine rings is 1. The summed E-state index contributed by atoms with van der Waals surface area (Å²) >= 11 is 6.37. The summed E-state index contributed by atoms with van der Waals surface area (Å²) in [5.41, 5.74) is 1.99. The average molecular weight is 454 g/mol. The number of phenols is 1. The fourth-order valence-electron chi connectivity index (χ4n) is 4.98. The molecule has 4 rings (SSSR count). The Morgan fingerprint density at radius 2 is 1.72 bits per heavy atom. The number of phenolic OH excluding ortho intramolecular Hbond substituents is 1. The molecule has 168 valence electrons. The molecule has 2 aromatic carbocycles. The normalized spacial score (nSPS) is 17.8. The summed E-state index contributed by atoms with van der Waals surface area (Å²) in [7, 11) is 0. The van der Waals surface area contributed by atoms with Gasteiger partial charge >= 0.3 is 0 Å². The number of rotatable bonds is 4. The van der Waals surface area contributed by atoms with Crippen LogP contribution in [0.3, 0.4) is 0 Å². The number of nitrogens with zero attached hydrogens (tertiary/aromatic N) is 1. The molecule has 0 radical (unpaired) electrons. The second-order valence-corrected chi connectivity index (χ2v) is 10.3. The van der Waals surface area contributed by atoms with Crippen molar-refractivity contribution in [2.45, 2.75) is 57.7 Å². The average Bonchev–Trinajstić information content (AvgIpc) is 2.65. The molecule has 0 amide bonds. The van der Waals surface area contributed by atoms with Gasteiger partial charge in [0.1, 0.15) is 17.4 Å². The van der Waals surface area contributed by atoms with E-state index in [1.807, 2.05) is 12.1 Å². The highest BCUT2D eigenvalue weighted by molar-refractivity contribution is 6.33. The Kier molecular flexibility index (Phi) is 5.91. The molecule has 1 saturated heterocycles. The largest absolute Gasteiger partial charge is 0.507 e. The van der Waals surface area contributed by atoms with Crippen molar-refractivity contribution in [2.75, 3.05) is 5.32 Å². The molecule has 1 aromatic heterocycles. The Morgan fingerprint density at radius 1 is 1.03 bits per heavy atom. The highest BCUT2D eigenvalue weighted by atomic mass is 35.5. The van der Waals surface area contributed by atoms with Gasteiger partial charge in [0.25, 0.3) is 0 Å². The molecule has 6 heteroatoms. The second-order valence-electron chi connectivity index (χ2n) is 9.88. The third kappa shape index (κ3) is 4.89. The first kappa shape index (κ1) is 22.6. The predicted molar refractivity (Wildman–Crippen MR) is 130 cm³/mol. The summed E-state index contributed by atoms with van der Waals surface area (Å²) in [4.78, 5) is 4.78. The first-order chi connectivity index (χ1) is 15.0.